The molecule has 2 aromatic carbocycles. The van der Waals surface area contributed by atoms with Crippen LogP contribution in [0.5, 0.6) is 5.75 Å². The minimum atomic E-state index is -0.622. The van der Waals surface area contributed by atoms with Gasteiger partial charge in [0.05, 0.1) is 29.3 Å². The first kappa shape index (κ1) is 20.5. The second kappa shape index (κ2) is 7.91. The van der Waals surface area contributed by atoms with Gasteiger partial charge in [-0.15, -0.1) is 11.3 Å². The molecule has 1 amide bonds. The van der Waals surface area contributed by atoms with E-state index >= 15 is 0 Å². The van der Waals surface area contributed by atoms with Gasteiger partial charge < -0.3 is 9.15 Å². The lowest BCUT2D eigenvalue weighted by atomic mass is 9.98. The van der Waals surface area contributed by atoms with Crippen molar-refractivity contribution in [3.63, 3.8) is 0 Å². The van der Waals surface area contributed by atoms with E-state index in [0.717, 1.165) is 28.3 Å². The third-order valence-electron chi connectivity index (χ3n) is 5.67. The summed E-state index contributed by atoms with van der Waals surface area (Å²) < 4.78 is 11.7. The fourth-order valence-electron chi connectivity index (χ4n) is 3.96. The van der Waals surface area contributed by atoms with Crippen LogP contribution < -0.4 is 15.1 Å². The van der Waals surface area contributed by atoms with Crippen LogP contribution in [0.1, 0.15) is 51.6 Å². The molecule has 0 fully saturated rings. The quantitative estimate of drug-likeness (QED) is 0.410. The summed E-state index contributed by atoms with van der Waals surface area (Å²) in [5.74, 6) is 0.474. The molecule has 3 heterocycles. The molecule has 0 saturated heterocycles. The van der Waals surface area contributed by atoms with Gasteiger partial charge in [-0.05, 0) is 50.1 Å². The third-order valence-corrected chi connectivity index (χ3v) is 6.74. The number of ether oxygens (including phenoxy) is 1. The first-order valence-electron chi connectivity index (χ1n) is 10.6. The van der Waals surface area contributed by atoms with Gasteiger partial charge >= 0.3 is 0 Å². The molecular formula is C25H22N2O4S. The van der Waals surface area contributed by atoms with Crippen LogP contribution in [0.3, 0.4) is 0 Å². The highest BCUT2D eigenvalue weighted by atomic mass is 32.1. The van der Waals surface area contributed by atoms with E-state index < -0.39 is 6.04 Å². The highest BCUT2D eigenvalue weighted by Gasteiger charge is 2.45. The maximum atomic E-state index is 13.5. The molecule has 0 aliphatic carbocycles. The molecular weight excluding hydrogens is 424 g/mol. The van der Waals surface area contributed by atoms with E-state index in [9.17, 15) is 9.59 Å². The molecule has 1 atom stereocenters. The number of carbonyl (C=O) groups excluding carboxylic acids is 1. The number of hydrogen-bond acceptors (Lipinski definition) is 6. The number of aryl methyl sites for hydroxylation is 2. The Labute approximate surface area is 189 Å². The topological polar surface area (TPSA) is 72.6 Å². The van der Waals surface area contributed by atoms with Crippen molar-refractivity contribution in [1.29, 1.82) is 0 Å². The van der Waals surface area contributed by atoms with Crippen LogP contribution in [-0.4, -0.2) is 17.5 Å². The highest BCUT2D eigenvalue weighted by Crippen LogP contribution is 2.43. The zero-order valence-corrected chi connectivity index (χ0v) is 18.9. The van der Waals surface area contributed by atoms with Crippen LogP contribution in [0.15, 0.2) is 57.7 Å². The maximum absolute atomic E-state index is 13.5. The minimum absolute atomic E-state index is 0.0792. The fraction of sp³-hybridized carbons (Fsp3) is 0.240. The van der Waals surface area contributed by atoms with E-state index in [4.69, 9.17) is 9.15 Å². The molecule has 0 N–H and O–H groups in total. The summed E-state index contributed by atoms with van der Waals surface area (Å²) >= 11 is 1.43. The van der Waals surface area contributed by atoms with Crippen LogP contribution in [0.25, 0.3) is 11.0 Å². The monoisotopic (exact) mass is 446 g/mol. The van der Waals surface area contributed by atoms with Gasteiger partial charge in [0, 0.05) is 4.88 Å². The summed E-state index contributed by atoms with van der Waals surface area (Å²) in [6.07, 6.45) is 0.914. The highest BCUT2D eigenvalue weighted by molar-refractivity contribution is 7.15. The summed E-state index contributed by atoms with van der Waals surface area (Å²) in [5.41, 5.74) is 2.22. The van der Waals surface area contributed by atoms with Gasteiger partial charge in [-0.2, -0.15) is 0 Å². The van der Waals surface area contributed by atoms with Gasteiger partial charge in [0.15, 0.2) is 10.6 Å². The number of carbonyl (C=O) groups is 1. The molecule has 2 aromatic heterocycles. The van der Waals surface area contributed by atoms with E-state index in [2.05, 4.69) is 11.9 Å². The van der Waals surface area contributed by atoms with Crippen LogP contribution in [0.4, 0.5) is 5.13 Å². The number of thiazole rings is 1. The lowest BCUT2D eigenvalue weighted by molar-refractivity contribution is 0.0971. The fourth-order valence-corrected chi connectivity index (χ4v) is 4.89. The van der Waals surface area contributed by atoms with Gasteiger partial charge in [-0.1, -0.05) is 31.2 Å². The molecule has 6 nitrogen and oxygen atoms in total. The standard InChI is InChI=1S/C25H22N2O4S/c1-4-13-30-17-11-9-16(10-12-17)21-20-22(28)18-7-5-6-8-19(18)31-23(20)24(29)27(21)25-26-14(2)15(3)32-25/h5-12,21H,4,13H2,1-3H3/t21-/m0/s1. The molecule has 1 aliphatic heterocycles. The Morgan fingerprint density at radius 2 is 1.84 bits per heavy atom. The van der Waals surface area contributed by atoms with E-state index in [1.165, 1.54) is 11.3 Å². The van der Waals surface area contributed by atoms with Crippen molar-refractivity contribution in [3.8, 4) is 5.75 Å². The number of rotatable bonds is 5. The summed E-state index contributed by atoms with van der Waals surface area (Å²) in [7, 11) is 0. The first-order chi connectivity index (χ1) is 15.5. The molecule has 0 saturated carbocycles. The van der Waals surface area contributed by atoms with Gasteiger partial charge in [0.1, 0.15) is 11.3 Å². The number of hydrogen-bond donors (Lipinski definition) is 0. The Morgan fingerprint density at radius 1 is 1.09 bits per heavy atom. The Kier molecular flexibility index (Phi) is 5.06. The number of nitrogens with zero attached hydrogens (tertiary/aromatic N) is 2. The summed E-state index contributed by atoms with van der Waals surface area (Å²) in [6.45, 7) is 6.56. The number of para-hydroxylation sites is 1. The predicted octanol–water partition coefficient (Wildman–Crippen LogP) is 5.40. The van der Waals surface area contributed by atoms with Crippen molar-refractivity contribution in [1.82, 2.24) is 4.98 Å². The number of fused-ring (bicyclic) bond motifs is 2. The van der Waals surface area contributed by atoms with E-state index in [1.807, 2.05) is 38.1 Å². The predicted molar refractivity (Wildman–Crippen MR) is 125 cm³/mol. The number of anilines is 1. The molecule has 5 rings (SSSR count). The molecule has 0 bridgehead atoms. The van der Waals surface area contributed by atoms with Crippen molar-refractivity contribution in [2.45, 2.75) is 33.2 Å². The van der Waals surface area contributed by atoms with Crippen LogP contribution in [0, 0.1) is 13.8 Å². The average Bonchev–Trinajstić information content (AvgIpc) is 3.29. The first-order valence-corrected chi connectivity index (χ1v) is 11.4. The molecule has 0 radical (unpaired) electrons. The van der Waals surface area contributed by atoms with E-state index in [1.54, 1.807) is 29.2 Å². The third kappa shape index (κ3) is 3.20. The Balaban J connectivity index is 1.71. The van der Waals surface area contributed by atoms with Crippen LogP contribution in [-0.2, 0) is 0 Å². The molecule has 1 aliphatic rings. The minimum Gasteiger partial charge on any atom is -0.494 e. The zero-order chi connectivity index (χ0) is 22.4. The van der Waals surface area contributed by atoms with Crippen molar-refractivity contribution in [2.24, 2.45) is 0 Å². The Bertz CT molecular complexity index is 1370. The van der Waals surface area contributed by atoms with Crippen molar-refractivity contribution in [3.05, 3.63) is 86.2 Å². The van der Waals surface area contributed by atoms with Gasteiger partial charge in [0.25, 0.3) is 5.91 Å². The Morgan fingerprint density at radius 3 is 2.53 bits per heavy atom. The number of aromatic nitrogens is 1. The SMILES string of the molecule is CCCOc1ccc([C@H]2c3c(oc4ccccc4c3=O)C(=O)N2c2nc(C)c(C)s2)cc1. The van der Waals surface area contributed by atoms with E-state index in [0.29, 0.717) is 28.3 Å². The molecule has 7 heteroatoms. The Hall–Kier alpha value is -3.45. The molecule has 4 aromatic rings. The van der Waals surface area contributed by atoms with Gasteiger partial charge in [0.2, 0.25) is 5.76 Å². The second-order valence-electron chi connectivity index (χ2n) is 7.80. The summed E-state index contributed by atoms with van der Waals surface area (Å²) in [6, 6.07) is 13.9. The maximum Gasteiger partial charge on any atom is 0.297 e. The van der Waals surface area contributed by atoms with Crippen molar-refractivity contribution in [2.75, 3.05) is 11.5 Å². The molecule has 0 spiro atoms. The van der Waals surface area contributed by atoms with Crippen LogP contribution >= 0.6 is 11.3 Å². The number of amides is 1. The largest absolute Gasteiger partial charge is 0.494 e. The van der Waals surface area contributed by atoms with Gasteiger partial charge in [-0.3, -0.25) is 14.5 Å². The lowest BCUT2D eigenvalue weighted by Crippen LogP contribution is -2.29. The van der Waals surface area contributed by atoms with Gasteiger partial charge in [-0.25, -0.2) is 4.98 Å². The summed E-state index contributed by atoms with van der Waals surface area (Å²) in [4.78, 5) is 34.3. The average molecular weight is 447 g/mol. The van der Waals surface area contributed by atoms with E-state index in [-0.39, 0.29) is 17.1 Å². The molecule has 32 heavy (non-hydrogen) atoms. The molecule has 162 valence electrons. The van der Waals surface area contributed by atoms with Crippen molar-refractivity contribution < 1.29 is 13.9 Å². The van der Waals surface area contributed by atoms with Crippen molar-refractivity contribution >= 4 is 33.3 Å². The molecule has 0 unspecified atom stereocenters. The smallest absolute Gasteiger partial charge is 0.297 e. The number of benzene rings is 2. The lowest BCUT2D eigenvalue weighted by Gasteiger charge is -2.22. The second-order valence-corrected chi connectivity index (χ2v) is 8.99. The summed E-state index contributed by atoms with van der Waals surface area (Å²) in [5, 5.41) is 1.01. The normalized spacial score (nSPS) is 15.4. The van der Waals surface area contributed by atoms with Crippen LogP contribution in [0.2, 0.25) is 0 Å². The zero-order valence-electron chi connectivity index (χ0n) is 18.0.